The van der Waals surface area contributed by atoms with Gasteiger partial charge in [0.05, 0.1) is 22.9 Å². The van der Waals surface area contributed by atoms with E-state index in [9.17, 15) is 5.26 Å². The van der Waals surface area contributed by atoms with Crippen molar-refractivity contribution in [3.63, 3.8) is 0 Å². The maximum absolute atomic E-state index is 9.20. The number of allylic oxidation sites excluding steroid dienone is 2. The van der Waals surface area contributed by atoms with Gasteiger partial charge < -0.3 is 9.64 Å². The van der Waals surface area contributed by atoms with Crippen LogP contribution in [0, 0.1) is 11.3 Å². The second-order valence-electron chi connectivity index (χ2n) is 5.95. The zero-order valence-corrected chi connectivity index (χ0v) is 12.5. The van der Waals surface area contributed by atoms with Gasteiger partial charge in [-0.2, -0.15) is 5.26 Å². The van der Waals surface area contributed by atoms with Crippen molar-refractivity contribution in [3.05, 3.63) is 23.7 Å². The van der Waals surface area contributed by atoms with E-state index in [4.69, 9.17) is 4.74 Å². The molecule has 110 valence electrons. The monoisotopic (exact) mass is 284 g/mol. The highest BCUT2D eigenvalue weighted by Gasteiger charge is 2.27. The van der Waals surface area contributed by atoms with Crippen LogP contribution in [0.25, 0.3) is 5.57 Å². The van der Waals surface area contributed by atoms with Crippen LogP contribution >= 0.6 is 0 Å². The molecule has 21 heavy (non-hydrogen) atoms. The van der Waals surface area contributed by atoms with Crippen molar-refractivity contribution < 1.29 is 4.74 Å². The quantitative estimate of drug-likeness (QED) is 0.851. The molecule has 0 aliphatic heterocycles. The minimum atomic E-state index is 0.195. The van der Waals surface area contributed by atoms with Crippen LogP contribution < -0.4 is 4.74 Å². The van der Waals surface area contributed by atoms with Gasteiger partial charge >= 0.3 is 0 Å². The van der Waals surface area contributed by atoms with Crippen molar-refractivity contribution in [1.29, 1.82) is 5.26 Å². The Hall–Kier alpha value is -1.93. The van der Waals surface area contributed by atoms with Crippen LogP contribution in [-0.4, -0.2) is 41.1 Å². The number of nitriles is 1. The molecule has 0 amide bonds. The van der Waals surface area contributed by atoms with Crippen LogP contribution in [0.4, 0.5) is 0 Å². The molecule has 0 unspecified atom stereocenters. The number of fused-ring (bicyclic) bond motifs is 1. The number of hydrogen-bond donors (Lipinski definition) is 0. The molecular weight excluding hydrogens is 264 g/mol. The molecule has 1 fully saturated rings. The Balaban J connectivity index is 1.72. The molecule has 0 atom stereocenters. The SMILES string of the molecule is CN(C)C1CCC(Oc2ncnc3c2C(C#N)=CC3)CC1. The highest BCUT2D eigenvalue weighted by atomic mass is 16.5. The molecule has 2 aliphatic rings. The van der Waals surface area contributed by atoms with Crippen molar-refractivity contribution >= 4 is 5.57 Å². The van der Waals surface area contributed by atoms with E-state index < -0.39 is 0 Å². The Kier molecular flexibility index (Phi) is 3.89. The fraction of sp³-hybridized carbons (Fsp3) is 0.562. The van der Waals surface area contributed by atoms with E-state index in [0.717, 1.165) is 36.9 Å². The van der Waals surface area contributed by atoms with E-state index in [1.54, 1.807) is 0 Å². The molecular formula is C16H20N4O. The van der Waals surface area contributed by atoms with Crippen LogP contribution in [-0.2, 0) is 6.42 Å². The van der Waals surface area contributed by atoms with Gasteiger partial charge in [-0.05, 0) is 39.8 Å². The maximum Gasteiger partial charge on any atom is 0.225 e. The average molecular weight is 284 g/mol. The second-order valence-corrected chi connectivity index (χ2v) is 5.95. The van der Waals surface area contributed by atoms with Crippen LogP contribution in [0.15, 0.2) is 12.4 Å². The Morgan fingerprint density at radius 3 is 2.67 bits per heavy atom. The van der Waals surface area contributed by atoms with E-state index in [1.807, 2.05) is 6.08 Å². The number of ether oxygens (including phenoxy) is 1. The largest absolute Gasteiger partial charge is 0.474 e. The van der Waals surface area contributed by atoms with Gasteiger partial charge in [0, 0.05) is 12.5 Å². The standard InChI is InChI=1S/C16H20N4O/c1-20(2)12-4-6-13(7-5-12)21-16-15-11(9-17)3-8-14(15)18-10-19-16/h3,10,12-13H,4-8H2,1-2H3. The summed E-state index contributed by atoms with van der Waals surface area (Å²) >= 11 is 0. The smallest absolute Gasteiger partial charge is 0.225 e. The van der Waals surface area contributed by atoms with Crippen LogP contribution in [0.1, 0.15) is 36.9 Å². The first-order valence-electron chi connectivity index (χ1n) is 7.46. The first-order chi connectivity index (χ1) is 10.2. The molecule has 0 radical (unpaired) electrons. The molecule has 1 aromatic rings. The molecule has 2 aliphatic carbocycles. The van der Waals surface area contributed by atoms with Crippen molar-refractivity contribution in [1.82, 2.24) is 14.9 Å². The molecule has 3 rings (SSSR count). The number of aromatic nitrogens is 2. The topological polar surface area (TPSA) is 62.0 Å². The fourth-order valence-corrected chi connectivity index (χ4v) is 3.16. The molecule has 1 heterocycles. The Morgan fingerprint density at radius 2 is 2.00 bits per heavy atom. The van der Waals surface area contributed by atoms with E-state index in [-0.39, 0.29) is 6.10 Å². The third-order valence-electron chi connectivity index (χ3n) is 4.43. The fourth-order valence-electron chi connectivity index (χ4n) is 3.16. The molecule has 0 aromatic carbocycles. The van der Waals surface area contributed by atoms with E-state index in [0.29, 0.717) is 23.9 Å². The average Bonchev–Trinajstić information content (AvgIpc) is 2.92. The summed E-state index contributed by atoms with van der Waals surface area (Å²) in [4.78, 5) is 10.8. The van der Waals surface area contributed by atoms with Crippen molar-refractivity contribution in [2.75, 3.05) is 14.1 Å². The third kappa shape index (κ3) is 2.77. The summed E-state index contributed by atoms with van der Waals surface area (Å²) in [5.74, 6) is 0.582. The molecule has 1 aromatic heterocycles. The van der Waals surface area contributed by atoms with Gasteiger partial charge in [-0.3, -0.25) is 0 Å². The highest BCUT2D eigenvalue weighted by molar-refractivity contribution is 5.83. The lowest BCUT2D eigenvalue weighted by atomic mass is 9.92. The predicted molar refractivity (Wildman–Crippen MR) is 79.7 cm³/mol. The summed E-state index contributed by atoms with van der Waals surface area (Å²) in [5.41, 5.74) is 2.34. The first-order valence-corrected chi connectivity index (χ1v) is 7.46. The molecule has 0 N–H and O–H groups in total. The third-order valence-corrected chi connectivity index (χ3v) is 4.43. The second kappa shape index (κ2) is 5.82. The van der Waals surface area contributed by atoms with Gasteiger partial charge in [0.25, 0.3) is 0 Å². The van der Waals surface area contributed by atoms with Gasteiger partial charge in [-0.25, -0.2) is 9.97 Å². The maximum atomic E-state index is 9.20. The highest BCUT2D eigenvalue weighted by Crippen LogP contribution is 2.34. The Labute approximate surface area is 125 Å². The van der Waals surface area contributed by atoms with Gasteiger partial charge in [-0.1, -0.05) is 6.08 Å². The van der Waals surface area contributed by atoms with Crippen molar-refractivity contribution in [2.24, 2.45) is 0 Å². The van der Waals surface area contributed by atoms with Crippen LogP contribution in [0.2, 0.25) is 0 Å². The van der Waals surface area contributed by atoms with Gasteiger partial charge in [-0.15, -0.1) is 0 Å². The molecule has 5 nitrogen and oxygen atoms in total. The van der Waals surface area contributed by atoms with Gasteiger partial charge in [0.15, 0.2) is 0 Å². The van der Waals surface area contributed by atoms with Gasteiger partial charge in [0.1, 0.15) is 12.4 Å². The number of nitrogens with zero attached hydrogens (tertiary/aromatic N) is 4. The van der Waals surface area contributed by atoms with E-state index in [2.05, 4.69) is 35.0 Å². The summed E-state index contributed by atoms with van der Waals surface area (Å²) in [5, 5.41) is 9.20. The Bertz CT molecular complexity index is 595. The molecule has 1 saturated carbocycles. The lowest BCUT2D eigenvalue weighted by Gasteiger charge is -2.32. The summed E-state index contributed by atoms with van der Waals surface area (Å²) in [6, 6.07) is 2.86. The summed E-state index contributed by atoms with van der Waals surface area (Å²) in [7, 11) is 4.26. The van der Waals surface area contributed by atoms with Crippen LogP contribution in [0.3, 0.4) is 0 Å². The minimum Gasteiger partial charge on any atom is -0.474 e. The lowest BCUT2D eigenvalue weighted by Crippen LogP contribution is -2.35. The molecule has 0 saturated heterocycles. The minimum absolute atomic E-state index is 0.195. The number of hydrogen-bond acceptors (Lipinski definition) is 5. The zero-order chi connectivity index (χ0) is 14.8. The summed E-state index contributed by atoms with van der Waals surface area (Å²) in [6.45, 7) is 0. The van der Waals surface area contributed by atoms with Crippen LogP contribution in [0.5, 0.6) is 5.88 Å². The van der Waals surface area contributed by atoms with Gasteiger partial charge in [0.2, 0.25) is 5.88 Å². The van der Waals surface area contributed by atoms with E-state index >= 15 is 0 Å². The first kappa shape index (κ1) is 14.0. The summed E-state index contributed by atoms with van der Waals surface area (Å²) < 4.78 is 6.10. The van der Waals surface area contributed by atoms with E-state index in [1.165, 1.54) is 6.33 Å². The lowest BCUT2D eigenvalue weighted by molar-refractivity contribution is 0.107. The normalized spacial score (nSPS) is 24.4. The number of rotatable bonds is 3. The molecule has 0 bridgehead atoms. The summed E-state index contributed by atoms with van der Waals surface area (Å²) in [6.07, 6.45) is 8.69. The molecule has 5 heteroatoms. The molecule has 0 spiro atoms. The Morgan fingerprint density at radius 1 is 1.24 bits per heavy atom. The van der Waals surface area contributed by atoms with Crippen molar-refractivity contribution in [3.8, 4) is 11.9 Å². The zero-order valence-electron chi connectivity index (χ0n) is 12.5. The van der Waals surface area contributed by atoms with Crippen molar-refractivity contribution in [2.45, 2.75) is 44.2 Å². The predicted octanol–water partition coefficient (Wildman–Crippen LogP) is 2.19.